The summed E-state index contributed by atoms with van der Waals surface area (Å²) < 4.78 is 6.03. The fourth-order valence-corrected chi connectivity index (χ4v) is 4.66. The number of allylic oxidation sites excluding steroid dienone is 1. The van der Waals surface area contributed by atoms with Crippen LogP contribution in [0.4, 0.5) is 0 Å². The van der Waals surface area contributed by atoms with Crippen molar-refractivity contribution >= 4 is 8.32 Å². The monoisotopic (exact) mass is 236 g/mol. The van der Waals surface area contributed by atoms with Crippen LogP contribution in [0.15, 0.2) is 11.8 Å². The second-order valence-electron chi connectivity index (χ2n) is 7.15. The maximum atomic E-state index is 6.03. The van der Waals surface area contributed by atoms with E-state index in [-0.39, 0.29) is 0 Å². The minimum Gasteiger partial charge on any atom is -0.550 e. The zero-order valence-electron chi connectivity index (χ0n) is 10.8. The van der Waals surface area contributed by atoms with Crippen molar-refractivity contribution in [2.45, 2.75) is 51.7 Å². The van der Waals surface area contributed by atoms with Gasteiger partial charge in [-0.25, -0.2) is 0 Å². The zero-order chi connectivity index (χ0) is 11.3. The van der Waals surface area contributed by atoms with Crippen molar-refractivity contribution in [1.29, 1.82) is 0 Å². The summed E-state index contributed by atoms with van der Waals surface area (Å²) in [6.07, 6.45) is 9.60. The molecule has 90 valence electrons. The van der Waals surface area contributed by atoms with Crippen molar-refractivity contribution in [3.63, 3.8) is 0 Å². The normalized spacial score (nSPS) is 41.3. The molecule has 0 aliphatic heterocycles. The van der Waals surface area contributed by atoms with E-state index in [0.717, 1.165) is 23.7 Å². The number of hydrogen-bond acceptors (Lipinski definition) is 1. The van der Waals surface area contributed by atoms with Crippen LogP contribution in [-0.4, -0.2) is 8.32 Å². The average Bonchev–Trinajstić information content (AvgIpc) is 2.13. The number of hydrogen-bond donors (Lipinski definition) is 0. The van der Waals surface area contributed by atoms with E-state index < -0.39 is 8.32 Å². The Labute approximate surface area is 100 Å². The van der Waals surface area contributed by atoms with Gasteiger partial charge in [0.2, 0.25) is 8.32 Å². The van der Waals surface area contributed by atoms with Gasteiger partial charge in [0, 0.05) is 0 Å². The Hall–Kier alpha value is -0.243. The first-order chi connectivity index (χ1) is 7.51. The van der Waals surface area contributed by atoms with E-state index in [1.54, 1.807) is 5.57 Å². The van der Waals surface area contributed by atoms with Gasteiger partial charge in [-0.1, -0.05) is 0 Å². The molecule has 0 radical (unpaired) electrons. The molecule has 4 aliphatic rings. The van der Waals surface area contributed by atoms with Crippen LogP contribution in [0, 0.1) is 23.7 Å². The highest BCUT2D eigenvalue weighted by atomic mass is 28.4. The Balaban J connectivity index is 1.76. The Kier molecular flexibility index (Phi) is 2.47. The molecule has 2 heteroatoms. The first kappa shape index (κ1) is 10.9. The highest BCUT2D eigenvalue weighted by Gasteiger charge is 2.45. The van der Waals surface area contributed by atoms with E-state index in [4.69, 9.17) is 4.43 Å². The van der Waals surface area contributed by atoms with Crippen LogP contribution in [0.3, 0.4) is 0 Å². The summed E-state index contributed by atoms with van der Waals surface area (Å²) in [6.45, 7) is 6.83. The van der Waals surface area contributed by atoms with E-state index in [0.29, 0.717) is 0 Å². The van der Waals surface area contributed by atoms with E-state index >= 15 is 0 Å². The molecular weight excluding hydrogens is 212 g/mol. The molecule has 4 aliphatic carbocycles. The summed E-state index contributed by atoms with van der Waals surface area (Å²) in [5.41, 5.74) is 1.69. The summed E-state index contributed by atoms with van der Waals surface area (Å²) in [5, 5.41) is 0. The highest BCUT2D eigenvalue weighted by Crippen LogP contribution is 2.56. The van der Waals surface area contributed by atoms with E-state index in [1.807, 2.05) is 0 Å². The lowest BCUT2D eigenvalue weighted by Gasteiger charge is -2.51. The molecule has 4 bridgehead atoms. The Bertz CT molecular complexity index is 283. The lowest BCUT2D eigenvalue weighted by Crippen LogP contribution is -2.40. The van der Waals surface area contributed by atoms with Gasteiger partial charge in [0.05, 0.1) is 6.26 Å². The van der Waals surface area contributed by atoms with Gasteiger partial charge in [0.1, 0.15) is 0 Å². The van der Waals surface area contributed by atoms with Crippen LogP contribution in [0.2, 0.25) is 19.6 Å². The molecule has 0 N–H and O–H groups in total. The maximum Gasteiger partial charge on any atom is 0.241 e. The van der Waals surface area contributed by atoms with Crippen molar-refractivity contribution in [2.75, 3.05) is 0 Å². The minimum atomic E-state index is -1.37. The third kappa shape index (κ3) is 1.96. The second-order valence-corrected chi connectivity index (χ2v) is 11.6. The van der Waals surface area contributed by atoms with Crippen LogP contribution in [0.1, 0.15) is 32.1 Å². The van der Waals surface area contributed by atoms with Crippen LogP contribution < -0.4 is 0 Å². The summed E-state index contributed by atoms with van der Waals surface area (Å²) in [7, 11) is -1.37. The Morgan fingerprint density at radius 1 is 0.938 bits per heavy atom. The predicted octanol–water partition coefficient (Wildman–Crippen LogP) is 4.18. The molecule has 0 heterocycles. The average molecular weight is 236 g/mol. The Morgan fingerprint density at radius 3 is 1.88 bits per heavy atom. The van der Waals surface area contributed by atoms with Gasteiger partial charge in [-0.15, -0.1) is 0 Å². The first-order valence-corrected chi connectivity index (χ1v) is 10.3. The molecule has 0 atom stereocenters. The molecule has 4 rings (SSSR count). The van der Waals surface area contributed by atoms with Crippen molar-refractivity contribution < 1.29 is 4.43 Å². The molecular formula is C14H24OSi. The zero-order valence-corrected chi connectivity index (χ0v) is 11.8. The fraction of sp³-hybridized carbons (Fsp3) is 0.857. The third-order valence-corrected chi connectivity index (χ3v) is 5.45. The van der Waals surface area contributed by atoms with Crippen LogP contribution in [0.5, 0.6) is 0 Å². The van der Waals surface area contributed by atoms with Crippen molar-refractivity contribution in [2.24, 2.45) is 23.7 Å². The predicted molar refractivity (Wildman–Crippen MR) is 69.6 cm³/mol. The first-order valence-electron chi connectivity index (χ1n) is 6.89. The molecule has 1 nitrogen and oxygen atoms in total. The molecule has 0 amide bonds. The molecule has 0 spiro atoms. The van der Waals surface area contributed by atoms with Gasteiger partial charge < -0.3 is 4.43 Å². The van der Waals surface area contributed by atoms with E-state index in [9.17, 15) is 0 Å². The van der Waals surface area contributed by atoms with Gasteiger partial charge in [-0.05, 0) is 81.0 Å². The second kappa shape index (κ2) is 3.62. The quantitative estimate of drug-likeness (QED) is 0.516. The van der Waals surface area contributed by atoms with Crippen molar-refractivity contribution in [3.05, 3.63) is 11.8 Å². The summed E-state index contributed by atoms with van der Waals surface area (Å²) in [6, 6.07) is 0. The van der Waals surface area contributed by atoms with E-state index in [1.165, 1.54) is 32.1 Å². The minimum absolute atomic E-state index is 0.896. The molecule has 0 aromatic rings. The van der Waals surface area contributed by atoms with Gasteiger partial charge in [0.15, 0.2) is 0 Å². The largest absolute Gasteiger partial charge is 0.550 e. The molecule has 4 saturated carbocycles. The topological polar surface area (TPSA) is 9.23 Å². The molecule has 16 heavy (non-hydrogen) atoms. The van der Waals surface area contributed by atoms with Gasteiger partial charge in [-0.3, -0.25) is 0 Å². The van der Waals surface area contributed by atoms with Crippen LogP contribution in [-0.2, 0) is 4.43 Å². The summed E-state index contributed by atoms with van der Waals surface area (Å²) in [4.78, 5) is 0. The van der Waals surface area contributed by atoms with Crippen LogP contribution >= 0.6 is 0 Å². The summed E-state index contributed by atoms with van der Waals surface area (Å²) in [5.74, 6) is 3.92. The molecule has 0 aromatic heterocycles. The van der Waals surface area contributed by atoms with E-state index in [2.05, 4.69) is 25.9 Å². The van der Waals surface area contributed by atoms with Crippen molar-refractivity contribution in [1.82, 2.24) is 0 Å². The number of rotatable bonds is 2. The highest BCUT2D eigenvalue weighted by molar-refractivity contribution is 6.69. The Morgan fingerprint density at radius 2 is 1.44 bits per heavy atom. The van der Waals surface area contributed by atoms with Crippen molar-refractivity contribution in [3.8, 4) is 0 Å². The van der Waals surface area contributed by atoms with Crippen LogP contribution in [0.25, 0.3) is 0 Å². The molecule has 0 unspecified atom stereocenters. The maximum absolute atomic E-state index is 6.03. The fourth-order valence-electron chi connectivity index (χ4n) is 4.17. The van der Waals surface area contributed by atoms with Gasteiger partial charge in [0.25, 0.3) is 0 Å². The molecule has 0 saturated heterocycles. The SMILES string of the molecule is C[Si](C)(C)OC=C1C2CC3CC(C2)CC1C3. The third-order valence-electron chi connectivity index (χ3n) is 4.63. The summed E-state index contributed by atoms with van der Waals surface area (Å²) >= 11 is 0. The lowest BCUT2D eigenvalue weighted by molar-refractivity contribution is 0.0668. The van der Waals surface area contributed by atoms with Gasteiger partial charge >= 0.3 is 0 Å². The molecule has 4 fully saturated rings. The smallest absolute Gasteiger partial charge is 0.241 e. The molecule has 0 aromatic carbocycles. The van der Waals surface area contributed by atoms with Gasteiger partial charge in [-0.2, -0.15) is 0 Å². The lowest BCUT2D eigenvalue weighted by atomic mass is 9.54. The standard InChI is InChI=1S/C14H24OSi/c1-16(2,3)15-9-14-12-5-10-4-11(7-12)8-13(14)6-10/h9-13H,4-8H2,1-3H3.